The summed E-state index contributed by atoms with van der Waals surface area (Å²) >= 11 is 0.982. The molecule has 0 bridgehead atoms. The first-order chi connectivity index (χ1) is 12.8. The summed E-state index contributed by atoms with van der Waals surface area (Å²) in [4.78, 5) is 48.7. The van der Waals surface area contributed by atoms with Gasteiger partial charge in [-0.25, -0.2) is 9.18 Å². The number of hydrogen-bond acceptors (Lipinski definition) is 6. The number of nitrogens with one attached hydrogen (secondary N) is 1. The molecule has 142 valence electrons. The maximum Gasteiger partial charge on any atom is 0.348 e. The molecule has 0 radical (unpaired) electrons. The number of likely N-dealkylation sites (N-methyl/N-ethyl adjacent to an activating group) is 1. The van der Waals surface area contributed by atoms with Gasteiger partial charge in [0.05, 0.1) is 11.4 Å². The number of thiophene rings is 1. The van der Waals surface area contributed by atoms with E-state index in [2.05, 4.69) is 5.32 Å². The number of ketones is 1. The van der Waals surface area contributed by atoms with Gasteiger partial charge in [0.25, 0.3) is 5.91 Å². The number of amides is 2. The van der Waals surface area contributed by atoms with Gasteiger partial charge in [-0.3, -0.25) is 14.4 Å². The van der Waals surface area contributed by atoms with Crippen molar-refractivity contribution in [3.63, 3.8) is 0 Å². The van der Waals surface area contributed by atoms with Gasteiger partial charge in [-0.2, -0.15) is 0 Å². The molecule has 1 aromatic carbocycles. The third-order valence-corrected chi connectivity index (χ3v) is 4.58. The summed E-state index contributed by atoms with van der Waals surface area (Å²) in [6, 6.07) is 8.16. The fraction of sp³-hybridized carbons (Fsp3) is 0.222. The molecule has 2 rings (SSSR count). The Bertz CT molecular complexity index is 863. The second-order valence-electron chi connectivity index (χ2n) is 5.60. The first-order valence-electron chi connectivity index (χ1n) is 7.83. The van der Waals surface area contributed by atoms with Crippen LogP contribution >= 0.6 is 11.3 Å². The van der Waals surface area contributed by atoms with Gasteiger partial charge >= 0.3 is 5.97 Å². The number of hydrogen-bond donors (Lipinski definition) is 1. The normalized spacial score (nSPS) is 10.2. The van der Waals surface area contributed by atoms with Crippen LogP contribution in [-0.4, -0.2) is 48.7 Å². The first-order valence-corrected chi connectivity index (χ1v) is 8.65. The molecular formula is C18H17FN2O5S. The molecule has 2 aromatic rings. The lowest BCUT2D eigenvalue weighted by Gasteiger charge is -2.16. The fourth-order valence-electron chi connectivity index (χ4n) is 1.98. The highest BCUT2D eigenvalue weighted by Crippen LogP contribution is 2.18. The van der Waals surface area contributed by atoms with E-state index in [1.807, 2.05) is 0 Å². The minimum Gasteiger partial charge on any atom is -0.451 e. The Labute approximate surface area is 158 Å². The van der Waals surface area contributed by atoms with Gasteiger partial charge in [0.1, 0.15) is 10.7 Å². The molecule has 0 aliphatic carbocycles. The summed E-state index contributed by atoms with van der Waals surface area (Å²) in [5.74, 6) is -2.36. The number of anilines is 1. The minimum absolute atomic E-state index is 0.165. The lowest BCUT2D eigenvalue weighted by atomic mass is 10.3. The van der Waals surface area contributed by atoms with Crippen molar-refractivity contribution in [2.45, 2.75) is 6.92 Å². The summed E-state index contributed by atoms with van der Waals surface area (Å²) in [5, 5.41) is 2.52. The minimum atomic E-state index is -0.718. The Morgan fingerprint density at radius 1 is 1.07 bits per heavy atom. The smallest absolute Gasteiger partial charge is 0.348 e. The van der Waals surface area contributed by atoms with Crippen molar-refractivity contribution in [1.82, 2.24) is 4.90 Å². The van der Waals surface area contributed by atoms with Crippen LogP contribution in [0.5, 0.6) is 0 Å². The molecule has 0 spiro atoms. The van der Waals surface area contributed by atoms with E-state index >= 15 is 0 Å². The maximum atomic E-state index is 12.8. The highest BCUT2D eigenvalue weighted by Gasteiger charge is 2.17. The van der Waals surface area contributed by atoms with Crippen LogP contribution in [0.3, 0.4) is 0 Å². The third kappa shape index (κ3) is 6.00. The summed E-state index contributed by atoms with van der Waals surface area (Å²) in [5.41, 5.74) is 0.396. The zero-order valence-electron chi connectivity index (χ0n) is 14.7. The van der Waals surface area contributed by atoms with Gasteiger partial charge in [-0.05, 0) is 43.3 Å². The number of carbonyl (C=O) groups excluding carboxylic acids is 4. The molecule has 0 unspecified atom stereocenters. The van der Waals surface area contributed by atoms with Crippen molar-refractivity contribution in [3.05, 3.63) is 52.0 Å². The molecule has 0 saturated heterocycles. The lowest BCUT2D eigenvalue weighted by molar-refractivity contribution is -0.136. The number of esters is 1. The van der Waals surface area contributed by atoms with E-state index in [0.29, 0.717) is 10.6 Å². The van der Waals surface area contributed by atoms with E-state index in [1.165, 1.54) is 50.4 Å². The molecule has 1 heterocycles. The summed E-state index contributed by atoms with van der Waals surface area (Å²) in [7, 11) is 1.39. The van der Waals surface area contributed by atoms with Crippen LogP contribution in [0.15, 0.2) is 36.4 Å². The Kier molecular flexibility index (Phi) is 6.78. The van der Waals surface area contributed by atoms with E-state index in [0.717, 1.165) is 16.2 Å². The molecule has 0 aliphatic heterocycles. The van der Waals surface area contributed by atoms with Crippen LogP contribution in [0, 0.1) is 5.82 Å². The topological polar surface area (TPSA) is 92.8 Å². The van der Waals surface area contributed by atoms with E-state index in [4.69, 9.17) is 4.74 Å². The van der Waals surface area contributed by atoms with Crippen molar-refractivity contribution in [1.29, 1.82) is 0 Å². The highest BCUT2D eigenvalue weighted by atomic mass is 32.1. The lowest BCUT2D eigenvalue weighted by Crippen LogP contribution is -2.37. The number of nitrogens with zero attached hydrogens (tertiary/aromatic N) is 1. The zero-order chi connectivity index (χ0) is 20.0. The van der Waals surface area contributed by atoms with E-state index < -0.39 is 30.2 Å². The molecule has 1 aromatic heterocycles. The maximum absolute atomic E-state index is 12.8. The van der Waals surface area contributed by atoms with Crippen LogP contribution in [0.4, 0.5) is 10.1 Å². The molecular weight excluding hydrogens is 375 g/mol. The Hall–Kier alpha value is -3.07. The predicted octanol–water partition coefficient (Wildman–Crippen LogP) is 2.34. The number of halogens is 1. The van der Waals surface area contributed by atoms with Gasteiger partial charge in [-0.15, -0.1) is 11.3 Å². The fourth-order valence-corrected chi connectivity index (χ4v) is 2.78. The zero-order valence-corrected chi connectivity index (χ0v) is 15.5. The van der Waals surface area contributed by atoms with Crippen molar-refractivity contribution in [2.24, 2.45) is 0 Å². The van der Waals surface area contributed by atoms with Gasteiger partial charge < -0.3 is 15.0 Å². The van der Waals surface area contributed by atoms with Crippen LogP contribution in [0.2, 0.25) is 0 Å². The monoisotopic (exact) mass is 392 g/mol. The molecule has 0 atom stereocenters. The molecule has 1 N–H and O–H groups in total. The van der Waals surface area contributed by atoms with Crippen molar-refractivity contribution in [3.8, 4) is 0 Å². The number of ether oxygens (including phenoxy) is 1. The first kappa shape index (κ1) is 20.2. The summed E-state index contributed by atoms with van der Waals surface area (Å²) < 4.78 is 17.7. The SMILES string of the molecule is CC(=O)c1ccc(C(=O)OCC(=O)N(C)CC(=O)Nc2ccc(F)cc2)s1. The van der Waals surface area contributed by atoms with Crippen molar-refractivity contribution < 1.29 is 28.3 Å². The van der Waals surface area contributed by atoms with E-state index in [-0.39, 0.29) is 17.2 Å². The quantitative estimate of drug-likeness (QED) is 0.577. The van der Waals surface area contributed by atoms with Crippen LogP contribution in [-0.2, 0) is 14.3 Å². The summed E-state index contributed by atoms with van der Waals surface area (Å²) in [6.45, 7) is 0.587. The summed E-state index contributed by atoms with van der Waals surface area (Å²) in [6.07, 6.45) is 0. The average Bonchev–Trinajstić information content (AvgIpc) is 3.11. The molecule has 7 nitrogen and oxygen atoms in total. The van der Waals surface area contributed by atoms with Crippen LogP contribution in [0.25, 0.3) is 0 Å². The Morgan fingerprint density at radius 3 is 2.30 bits per heavy atom. The van der Waals surface area contributed by atoms with Crippen molar-refractivity contribution >= 4 is 40.6 Å². The standard InChI is InChI=1S/C18H17FN2O5S/c1-11(22)14-7-8-15(27-14)18(25)26-10-17(24)21(2)9-16(23)20-13-5-3-12(19)4-6-13/h3-8H,9-10H2,1-2H3,(H,20,23). The second kappa shape index (κ2) is 9.04. The van der Waals surface area contributed by atoms with Crippen molar-refractivity contribution in [2.75, 3.05) is 25.5 Å². The molecule has 27 heavy (non-hydrogen) atoms. The van der Waals surface area contributed by atoms with Gasteiger partial charge in [-0.1, -0.05) is 0 Å². The molecule has 2 amide bonds. The largest absolute Gasteiger partial charge is 0.451 e. The highest BCUT2D eigenvalue weighted by molar-refractivity contribution is 7.15. The molecule has 9 heteroatoms. The number of rotatable bonds is 7. The number of carbonyl (C=O) groups is 4. The van der Waals surface area contributed by atoms with Crippen LogP contribution < -0.4 is 5.32 Å². The molecule has 0 aliphatic rings. The van der Waals surface area contributed by atoms with E-state index in [1.54, 1.807) is 0 Å². The van der Waals surface area contributed by atoms with Crippen LogP contribution in [0.1, 0.15) is 26.3 Å². The predicted molar refractivity (Wildman–Crippen MR) is 97.3 cm³/mol. The average molecular weight is 392 g/mol. The Balaban J connectivity index is 1.80. The Morgan fingerprint density at radius 2 is 1.70 bits per heavy atom. The van der Waals surface area contributed by atoms with Gasteiger partial charge in [0.15, 0.2) is 12.4 Å². The number of Topliss-reactive ketones (excluding diaryl/α,β-unsaturated/α-hetero) is 1. The van der Waals surface area contributed by atoms with Gasteiger partial charge in [0, 0.05) is 12.7 Å². The second-order valence-corrected chi connectivity index (χ2v) is 6.68. The molecule has 0 fully saturated rings. The van der Waals surface area contributed by atoms with Gasteiger partial charge in [0.2, 0.25) is 5.91 Å². The third-order valence-electron chi connectivity index (χ3n) is 3.42. The van der Waals surface area contributed by atoms with E-state index in [9.17, 15) is 23.6 Å². The number of benzene rings is 1. The molecule has 0 saturated carbocycles.